The van der Waals surface area contributed by atoms with Crippen LogP contribution in [0.5, 0.6) is 0 Å². The molecule has 0 bridgehead atoms. The lowest BCUT2D eigenvalue weighted by molar-refractivity contribution is 0.184. The highest BCUT2D eigenvalue weighted by Crippen LogP contribution is 2.35. The summed E-state index contributed by atoms with van der Waals surface area (Å²) in [7, 11) is -3.58. The molecule has 7 nitrogen and oxygen atoms in total. The highest BCUT2D eigenvalue weighted by atomic mass is 35.5. The minimum Gasteiger partial charge on any atom is -0.379 e. The van der Waals surface area contributed by atoms with Crippen molar-refractivity contribution in [2.45, 2.75) is 23.3 Å². The maximum Gasteiger partial charge on any atom is 0.246 e. The van der Waals surface area contributed by atoms with Gasteiger partial charge >= 0.3 is 0 Å². The Morgan fingerprint density at radius 1 is 1.22 bits per heavy atom. The largest absolute Gasteiger partial charge is 0.379 e. The van der Waals surface area contributed by atoms with E-state index >= 15 is 0 Å². The van der Waals surface area contributed by atoms with E-state index in [4.69, 9.17) is 10.5 Å². The number of sulfonamides is 1. The van der Waals surface area contributed by atoms with Gasteiger partial charge in [-0.2, -0.15) is 9.40 Å². The minimum atomic E-state index is -3.58. The van der Waals surface area contributed by atoms with Gasteiger partial charge in [-0.3, -0.25) is 4.68 Å². The number of rotatable bonds is 5. The molecule has 2 aliphatic heterocycles. The average molecular weight is 413 g/mol. The summed E-state index contributed by atoms with van der Waals surface area (Å²) in [6, 6.07) is 10.1. The maximum atomic E-state index is 13.1. The predicted octanol–water partition coefficient (Wildman–Crippen LogP) is 1.63. The molecule has 2 fully saturated rings. The van der Waals surface area contributed by atoms with Gasteiger partial charge in [0.15, 0.2) is 0 Å². The first kappa shape index (κ1) is 20.3. The van der Waals surface area contributed by atoms with Gasteiger partial charge in [-0.15, -0.1) is 12.4 Å². The second kappa shape index (κ2) is 8.28. The smallest absolute Gasteiger partial charge is 0.246 e. The normalized spacial score (nSPS) is 26.2. The molecule has 9 heteroatoms. The second-order valence-corrected chi connectivity index (χ2v) is 8.95. The number of benzene rings is 1. The third-order valence-electron chi connectivity index (χ3n) is 5.43. The van der Waals surface area contributed by atoms with Crippen LogP contribution in [0.15, 0.2) is 47.6 Å². The molecular weight excluding hydrogens is 388 g/mol. The first-order valence-electron chi connectivity index (χ1n) is 8.96. The van der Waals surface area contributed by atoms with Crippen LogP contribution in [0.1, 0.15) is 23.9 Å². The Morgan fingerprint density at radius 2 is 2.00 bits per heavy atom. The molecule has 3 atom stereocenters. The van der Waals surface area contributed by atoms with E-state index < -0.39 is 10.0 Å². The van der Waals surface area contributed by atoms with Crippen LogP contribution in [-0.4, -0.2) is 55.4 Å². The molecule has 3 heterocycles. The van der Waals surface area contributed by atoms with E-state index in [-0.39, 0.29) is 35.2 Å². The Balaban J connectivity index is 0.00000210. The zero-order valence-electron chi connectivity index (χ0n) is 15.0. The third kappa shape index (κ3) is 3.90. The van der Waals surface area contributed by atoms with Crippen LogP contribution in [-0.2, 0) is 14.8 Å². The zero-order chi connectivity index (χ0) is 18.1. The lowest BCUT2D eigenvalue weighted by Crippen LogP contribution is -2.29. The minimum absolute atomic E-state index is 0. The summed E-state index contributed by atoms with van der Waals surface area (Å²) in [5, 5.41) is 4.26. The molecular formula is C18H25ClN4O3S. The molecule has 0 spiro atoms. The summed E-state index contributed by atoms with van der Waals surface area (Å²) in [4.78, 5) is 0.244. The fourth-order valence-corrected chi connectivity index (χ4v) is 5.34. The van der Waals surface area contributed by atoms with E-state index in [0.717, 1.165) is 12.0 Å². The van der Waals surface area contributed by atoms with Crippen LogP contribution in [0.2, 0.25) is 0 Å². The van der Waals surface area contributed by atoms with Crippen LogP contribution in [0.3, 0.4) is 0 Å². The topological polar surface area (TPSA) is 90.5 Å². The van der Waals surface area contributed by atoms with E-state index in [1.54, 1.807) is 15.2 Å². The quantitative estimate of drug-likeness (QED) is 0.805. The molecule has 1 unspecified atom stereocenters. The fourth-order valence-electron chi connectivity index (χ4n) is 3.88. The Morgan fingerprint density at radius 3 is 2.67 bits per heavy atom. The summed E-state index contributed by atoms with van der Waals surface area (Å²) >= 11 is 0. The maximum absolute atomic E-state index is 13.1. The van der Waals surface area contributed by atoms with Crippen molar-refractivity contribution in [1.82, 2.24) is 14.1 Å². The van der Waals surface area contributed by atoms with Gasteiger partial charge in [0.05, 0.1) is 18.8 Å². The summed E-state index contributed by atoms with van der Waals surface area (Å²) in [5.74, 6) is 0.236. The fraction of sp³-hybridized carbons (Fsp3) is 0.500. The van der Waals surface area contributed by atoms with Crippen molar-refractivity contribution in [1.29, 1.82) is 0 Å². The average Bonchev–Trinajstić information content (AvgIpc) is 3.41. The second-order valence-electron chi connectivity index (χ2n) is 7.01. The first-order chi connectivity index (χ1) is 12.6. The van der Waals surface area contributed by atoms with Crippen molar-refractivity contribution in [3.05, 3.63) is 48.3 Å². The van der Waals surface area contributed by atoms with Gasteiger partial charge in [-0.25, -0.2) is 8.42 Å². The molecule has 0 aliphatic carbocycles. The predicted molar refractivity (Wildman–Crippen MR) is 104 cm³/mol. The van der Waals surface area contributed by atoms with E-state index in [2.05, 4.69) is 5.10 Å². The highest BCUT2D eigenvalue weighted by molar-refractivity contribution is 7.89. The molecule has 0 amide bonds. The molecule has 2 N–H and O–H groups in total. The van der Waals surface area contributed by atoms with Crippen LogP contribution in [0.4, 0.5) is 0 Å². The first-order valence-corrected chi connectivity index (χ1v) is 10.4. The van der Waals surface area contributed by atoms with E-state index in [1.165, 1.54) is 6.20 Å². The molecule has 2 aromatic rings. The van der Waals surface area contributed by atoms with Gasteiger partial charge in [0.1, 0.15) is 4.90 Å². The number of aromatic nitrogens is 2. The number of hydrogen-bond acceptors (Lipinski definition) is 5. The molecule has 2 saturated heterocycles. The zero-order valence-corrected chi connectivity index (χ0v) is 16.6. The molecule has 4 rings (SSSR count). The number of nitrogens with zero attached hydrogens (tertiary/aromatic N) is 3. The molecule has 27 heavy (non-hydrogen) atoms. The molecule has 0 saturated carbocycles. The standard InChI is InChI=1S/C18H24N4O3S.ClH/c19-8-15-10-21(12-18(15)14-4-2-1-3-5-14)26(23,24)17-9-20-22(11-17)16-6-7-25-13-16;/h1-5,9,11,15-16,18H,6-8,10,12-13,19H2;1H/t15-,16?,18+;/m1./s1. The third-order valence-corrected chi connectivity index (χ3v) is 7.22. The summed E-state index contributed by atoms with van der Waals surface area (Å²) in [6.07, 6.45) is 3.93. The summed E-state index contributed by atoms with van der Waals surface area (Å²) in [6.45, 7) is 2.62. The Labute approximate surface area is 165 Å². The summed E-state index contributed by atoms with van der Waals surface area (Å²) in [5.41, 5.74) is 7.08. The van der Waals surface area contributed by atoms with Crippen molar-refractivity contribution in [3.8, 4) is 0 Å². The van der Waals surface area contributed by atoms with Gasteiger partial charge in [0.2, 0.25) is 10.0 Å². The van der Waals surface area contributed by atoms with Gasteiger partial charge in [-0.05, 0) is 24.4 Å². The van der Waals surface area contributed by atoms with Gasteiger partial charge in [0.25, 0.3) is 0 Å². The highest BCUT2D eigenvalue weighted by Gasteiger charge is 2.40. The number of hydrogen-bond donors (Lipinski definition) is 1. The lowest BCUT2D eigenvalue weighted by Gasteiger charge is -2.16. The molecule has 2 aliphatic rings. The molecule has 1 aromatic heterocycles. The van der Waals surface area contributed by atoms with Gasteiger partial charge in [0, 0.05) is 31.8 Å². The lowest BCUT2D eigenvalue weighted by atomic mass is 9.89. The van der Waals surface area contributed by atoms with Crippen molar-refractivity contribution in [3.63, 3.8) is 0 Å². The van der Waals surface area contributed by atoms with Crippen molar-refractivity contribution < 1.29 is 13.2 Å². The monoisotopic (exact) mass is 412 g/mol. The van der Waals surface area contributed by atoms with Crippen molar-refractivity contribution in [2.75, 3.05) is 32.8 Å². The SMILES string of the molecule is Cl.NC[C@@H]1CN(S(=O)(=O)c2cnn(C3CCOC3)c2)C[C@H]1c1ccccc1. The Kier molecular flexibility index (Phi) is 6.22. The van der Waals surface area contributed by atoms with E-state index in [0.29, 0.717) is 32.8 Å². The number of nitrogens with two attached hydrogens (primary N) is 1. The van der Waals surface area contributed by atoms with Gasteiger partial charge in [-0.1, -0.05) is 30.3 Å². The van der Waals surface area contributed by atoms with Crippen LogP contribution in [0.25, 0.3) is 0 Å². The van der Waals surface area contributed by atoms with Crippen LogP contribution in [0, 0.1) is 5.92 Å². The summed E-state index contributed by atoms with van der Waals surface area (Å²) < 4.78 is 34.8. The Hall–Kier alpha value is -1.45. The number of halogens is 1. The van der Waals surface area contributed by atoms with Crippen molar-refractivity contribution >= 4 is 22.4 Å². The van der Waals surface area contributed by atoms with E-state index in [1.807, 2.05) is 30.3 Å². The van der Waals surface area contributed by atoms with E-state index in [9.17, 15) is 8.42 Å². The van der Waals surface area contributed by atoms with Crippen LogP contribution < -0.4 is 5.73 Å². The molecule has 0 radical (unpaired) electrons. The van der Waals surface area contributed by atoms with Crippen molar-refractivity contribution in [2.24, 2.45) is 11.7 Å². The molecule has 148 valence electrons. The number of ether oxygens (including phenoxy) is 1. The van der Waals surface area contributed by atoms with Gasteiger partial charge < -0.3 is 10.5 Å². The van der Waals surface area contributed by atoms with Crippen LogP contribution >= 0.6 is 12.4 Å². The molecule has 1 aromatic carbocycles. The Bertz CT molecular complexity index is 853.